The van der Waals surface area contributed by atoms with Gasteiger partial charge in [-0.2, -0.15) is 0 Å². The number of hydrogen-bond acceptors (Lipinski definition) is 5. The fraction of sp³-hybridized carbons (Fsp3) is 0.375. The summed E-state index contributed by atoms with van der Waals surface area (Å²) in [6, 6.07) is 8.30. The van der Waals surface area contributed by atoms with Gasteiger partial charge in [-0.25, -0.2) is 9.97 Å². The van der Waals surface area contributed by atoms with E-state index in [1.165, 1.54) is 5.56 Å². The van der Waals surface area contributed by atoms with E-state index in [-0.39, 0.29) is 6.04 Å². The highest BCUT2D eigenvalue weighted by atomic mass is 16.5. The van der Waals surface area contributed by atoms with Gasteiger partial charge in [-0.15, -0.1) is 0 Å². The standard InChI is InChI=1S/C16H20N4O/c1-3-14-19-15(17)10(2)16(20-14)18-12-8-9-21-13-7-5-4-6-11(12)13/h4-7,12H,3,8-9H2,1-2H3,(H3,17,18,19,20). The van der Waals surface area contributed by atoms with Crippen LogP contribution in [0.15, 0.2) is 24.3 Å². The van der Waals surface area contributed by atoms with Gasteiger partial charge < -0.3 is 15.8 Å². The minimum atomic E-state index is 0.188. The average molecular weight is 284 g/mol. The van der Waals surface area contributed by atoms with Crippen molar-refractivity contribution in [1.82, 2.24) is 9.97 Å². The molecular weight excluding hydrogens is 264 g/mol. The largest absolute Gasteiger partial charge is 0.493 e. The Balaban J connectivity index is 1.93. The lowest BCUT2D eigenvalue weighted by Crippen LogP contribution is -2.22. The Labute approximate surface area is 124 Å². The molecule has 21 heavy (non-hydrogen) atoms. The van der Waals surface area contributed by atoms with Crippen molar-refractivity contribution in [2.24, 2.45) is 0 Å². The lowest BCUT2D eigenvalue weighted by atomic mass is 10.0. The molecule has 5 nitrogen and oxygen atoms in total. The summed E-state index contributed by atoms with van der Waals surface area (Å²) >= 11 is 0. The number of benzene rings is 1. The van der Waals surface area contributed by atoms with Crippen LogP contribution in [0.2, 0.25) is 0 Å². The lowest BCUT2D eigenvalue weighted by molar-refractivity contribution is 0.274. The third-order valence-corrected chi connectivity index (χ3v) is 3.82. The molecule has 0 saturated carbocycles. The molecule has 0 saturated heterocycles. The molecule has 5 heteroatoms. The van der Waals surface area contributed by atoms with Crippen molar-refractivity contribution in [3.63, 3.8) is 0 Å². The normalized spacial score (nSPS) is 17.0. The van der Waals surface area contributed by atoms with Gasteiger partial charge >= 0.3 is 0 Å². The van der Waals surface area contributed by atoms with E-state index >= 15 is 0 Å². The third kappa shape index (κ3) is 2.63. The van der Waals surface area contributed by atoms with Gasteiger partial charge in [-0.3, -0.25) is 0 Å². The summed E-state index contributed by atoms with van der Waals surface area (Å²) in [5.74, 6) is 3.07. The average Bonchev–Trinajstić information content (AvgIpc) is 2.52. The number of ether oxygens (including phenoxy) is 1. The van der Waals surface area contributed by atoms with Crippen LogP contribution >= 0.6 is 0 Å². The van der Waals surface area contributed by atoms with Gasteiger partial charge in [0.2, 0.25) is 0 Å². The first-order valence-electron chi connectivity index (χ1n) is 7.30. The van der Waals surface area contributed by atoms with Crippen LogP contribution in [0.1, 0.15) is 36.3 Å². The van der Waals surface area contributed by atoms with Crippen molar-refractivity contribution in [2.75, 3.05) is 17.7 Å². The van der Waals surface area contributed by atoms with E-state index in [0.717, 1.165) is 35.8 Å². The minimum absolute atomic E-state index is 0.188. The van der Waals surface area contributed by atoms with Crippen molar-refractivity contribution in [1.29, 1.82) is 0 Å². The molecule has 1 aromatic carbocycles. The molecule has 0 bridgehead atoms. The van der Waals surface area contributed by atoms with Crippen LogP contribution in [0, 0.1) is 6.92 Å². The number of rotatable bonds is 3. The van der Waals surface area contributed by atoms with Crippen LogP contribution in [0.4, 0.5) is 11.6 Å². The second-order valence-corrected chi connectivity index (χ2v) is 5.22. The van der Waals surface area contributed by atoms with Crippen molar-refractivity contribution in [2.45, 2.75) is 32.7 Å². The Kier molecular flexibility index (Phi) is 3.64. The molecular formula is C16H20N4O. The van der Waals surface area contributed by atoms with E-state index in [2.05, 4.69) is 21.4 Å². The number of nitrogens with two attached hydrogens (primary N) is 1. The highest BCUT2D eigenvalue weighted by molar-refractivity contribution is 5.56. The third-order valence-electron chi connectivity index (χ3n) is 3.82. The van der Waals surface area contributed by atoms with Crippen LogP contribution in [-0.4, -0.2) is 16.6 Å². The molecule has 0 radical (unpaired) electrons. The van der Waals surface area contributed by atoms with Crippen molar-refractivity contribution >= 4 is 11.6 Å². The number of nitrogens with zero attached hydrogens (tertiary/aromatic N) is 2. The number of nitrogen functional groups attached to an aromatic ring is 1. The maximum atomic E-state index is 5.98. The number of para-hydroxylation sites is 1. The van der Waals surface area contributed by atoms with E-state index in [4.69, 9.17) is 10.5 Å². The van der Waals surface area contributed by atoms with Crippen LogP contribution < -0.4 is 15.8 Å². The molecule has 1 atom stereocenters. The summed E-state index contributed by atoms with van der Waals surface area (Å²) in [5, 5.41) is 3.51. The molecule has 110 valence electrons. The molecule has 3 N–H and O–H groups in total. The van der Waals surface area contributed by atoms with Crippen LogP contribution in [0.3, 0.4) is 0 Å². The molecule has 1 aliphatic heterocycles. The number of hydrogen-bond donors (Lipinski definition) is 2. The molecule has 2 heterocycles. The molecule has 1 aromatic heterocycles. The minimum Gasteiger partial charge on any atom is -0.493 e. The van der Waals surface area contributed by atoms with Gasteiger partial charge in [-0.05, 0) is 13.0 Å². The zero-order chi connectivity index (χ0) is 14.8. The maximum absolute atomic E-state index is 5.98. The fourth-order valence-electron chi connectivity index (χ4n) is 2.54. The fourth-order valence-corrected chi connectivity index (χ4v) is 2.54. The SMILES string of the molecule is CCc1nc(N)c(C)c(NC2CCOc3ccccc32)n1. The van der Waals surface area contributed by atoms with Crippen molar-refractivity contribution in [3.8, 4) is 5.75 Å². The van der Waals surface area contributed by atoms with Gasteiger partial charge in [0.15, 0.2) is 0 Å². The summed E-state index contributed by atoms with van der Waals surface area (Å²) in [6.45, 7) is 4.68. The van der Waals surface area contributed by atoms with Gasteiger partial charge in [0.25, 0.3) is 0 Å². The second-order valence-electron chi connectivity index (χ2n) is 5.22. The quantitative estimate of drug-likeness (QED) is 0.906. The first-order valence-corrected chi connectivity index (χ1v) is 7.30. The molecule has 0 amide bonds. The smallest absolute Gasteiger partial charge is 0.135 e. The molecule has 1 aliphatic rings. The van der Waals surface area contributed by atoms with E-state index < -0.39 is 0 Å². The van der Waals surface area contributed by atoms with Gasteiger partial charge in [0, 0.05) is 24.0 Å². The number of fused-ring (bicyclic) bond motifs is 1. The summed E-state index contributed by atoms with van der Waals surface area (Å²) < 4.78 is 5.69. The van der Waals surface area contributed by atoms with Crippen molar-refractivity contribution < 1.29 is 4.74 Å². The first-order chi connectivity index (χ1) is 10.2. The highest BCUT2D eigenvalue weighted by Crippen LogP contribution is 2.34. The van der Waals surface area contributed by atoms with Crippen LogP contribution in [0.25, 0.3) is 0 Å². The zero-order valence-corrected chi connectivity index (χ0v) is 12.4. The van der Waals surface area contributed by atoms with Crippen LogP contribution in [-0.2, 0) is 6.42 Å². The molecule has 0 fully saturated rings. The van der Waals surface area contributed by atoms with E-state index in [1.807, 2.05) is 32.0 Å². The number of anilines is 2. The second kappa shape index (κ2) is 5.60. The lowest BCUT2D eigenvalue weighted by Gasteiger charge is -2.27. The van der Waals surface area contributed by atoms with Gasteiger partial charge in [-0.1, -0.05) is 25.1 Å². The number of aryl methyl sites for hydroxylation is 1. The first kappa shape index (κ1) is 13.7. The molecule has 0 spiro atoms. The molecule has 1 unspecified atom stereocenters. The Bertz CT molecular complexity index is 657. The topological polar surface area (TPSA) is 73.1 Å². The Morgan fingerprint density at radius 2 is 2.14 bits per heavy atom. The monoisotopic (exact) mass is 284 g/mol. The van der Waals surface area contributed by atoms with Gasteiger partial charge in [0.05, 0.1) is 12.6 Å². The number of nitrogens with one attached hydrogen (secondary N) is 1. The zero-order valence-electron chi connectivity index (χ0n) is 12.4. The summed E-state index contributed by atoms with van der Waals surface area (Å²) in [7, 11) is 0. The Morgan fingerprint density at radius 1 is 1.33 bits per heavy atom. The summed E-state index contributed by atoms with van der Waals surface area (Å²) in [4.78, 5) is 8.87. The maximum Gasteiger partial charge on any atom is 0.135 e. The number of aromatic nitrogens is 2. The highest BCUT2D eigenvalue weighted by Gasteiger charge is 2.22. The molecule has 3 rings (SSSR count). The van der Waals surface area contributed by atoms with E-state index in [9.17, 15) is 0 Å². The molecule has 0 aliphatic carbocycles. The van der Waals surface area contributed by atoms with E-state index in [1.54, 1.807) is 0 Å². The summed E-state index contributed by atoms with van der Waals surface area (Å²) in [5.41, 5.74) is 8.05. The Hall–Kier alpha value is -2.30. The Morgan fingerprint density at radius 3 is 2.95 bits per heavy atom. The van der Waals surface area contributed by atoms with Crippen molar-refractivity contribution in [3.05, 3.63) is 41.2 Å². The van der Waals surface area contributed by atoms with Crippen LogP contribution in [0.5, 0.6) is 5.75 Å². The molecule has 2 aromatic rings. The van der Waals surface area contributed by atoms with Gasteiger partial charge in [0.1, 0.15) is 23.2 Å². The summed E-state index contributed by atoms with van der Waals surface area (Å²) in [6.07, 6.45) is 1.67. The predicted molar refractivity (Wildman–Crippen MR) is 83.5 cm³/mol. The van der Waals surface area contributed by atoms with E-state index in [0.29, 0.717) is 12.4 Å². The predicted octanol–water partition coefficient (Wildman–Crippen LogP) is 2.87.